The summed E-state index contributed by atoms with van der Waals surface area (Å²) in [6.07, 6.45) is 7.01. The summed E-state index contributed by atoms with van der Waals surface area (Å²) >= 11 is 0. The fourth-order valence-electron chi connectivity index (χ4n) is 1.28. The predicted octanol–water partition coefficient (Wildman–Crippen LogP) is 2.12. The van der Waals surface area contributed by atoms with Crippen LogP contribution in [0.25, 0.3) is 0 Å². The summed E-state index contributed by atoms with van der Waals surface area (Å²) in [6, 6.07) is 1.97. The van der Waals surface area contributed by atoms with E-state index >= 15 is 0 Å². The molecule has 0 amide bonds. The Labute approximate surface area is 78.8 Å². The van der Waals surface area contributed by atoms with E-state index in [4.69, 9.17) is 5.73 Å². The number of nitrogens with zero attached hydrogens (tertiary/aromatic N) is 1. The summed E-state index contributed by atoms with van der Waals surface area (Å²) in [5.74, 6) is 0.597. The van der Waals surface area contributed by atoms with Gasteiger partial charge < -0.3 is 5.73 Å². The number of hydrogen-bond acceptors (Lipinski definition) is 2. The first kappa shape index (κ1) is 9.52. The van der Waals surface area contributed by atoms with Crippen molar-refractivity contribution in [3.8, 4) is 0 Å². The Morgan fingerprint density at radius 3 is 2.62 bits per heavy atom. The van der Waals surface area contributed by atoms with Gasteiger partial charge in [0, 0.05) is 11.8 Å². The molecule has 0 saturated carbocycles. The molecular weight excluding hydrogens is 160 g/mol. The van der Waals surface area contributed by atoms with Crippen molar-refractivity contribution in [3.05, 3.63) is 48.7 Å². The van der Waals surface area contributed by atoms with Crippen LogP contribution in [-0.4, -0.2) is 4.98 Å². The lowest BCUT2D eigenvalue weighted by atomic mass is 10.0. The Morgan fingerprint density at radius 1 is 1.31 bits per heavy atom. The number of rotatable bonds is 4. The van der Waals surface area contributed by atoms with Gasteiger partial charge in [0.05, 0.1) is 0 Å². The highest BCUT2D eigenvalue weighted by molar-refractivity contribution is 5.46. The van der Waals surface area contributed by atoms with Crippen molar-refractivity contribution in [2.45, 2.75) is 12.8 Å². The molecule has 0 aliphatic rings. The smallest absolute Gasteiger partial charge is 0.127 e. The van der Waals surface area contributed by atoms with Crippen molar-refractivity contribution < 1.29 is 0 Å². The third-order valence-corrected chi connectivity index (χ3v) is 1.90. The van der Waals surface area contributed by atoms with Crippen LogP contribution in [0.15, 0.2) is 37.6 Å². The molecule has 0 aliphatic heterocycles. The molecule has 1 aromatic rings. The monoisotopic (exact) mass is 174 g/mol. The highest BCUT2D eigenvalue weighted by Crippen LogP contribution is 2.16. The van der Waals surface area contributed by atoms with Gasteiger partial charge in [-0.1, -0.05) is 12.2 Å². The van der Waals surface area contributed by atoms with Crippen molar-refractivity contribution in [1.82, 2.24) is 4.98 Å². The largest absolute Gasteiger partial charge is 0.383 e. The van der Waals surface area contributed by atoms with Crippen LogP contribution >= 0.6 is 0 Å². The average Bonchev–Trinajstić information content (AvgIpc) is 2.11. The lowest BCUT2D eigenvalue weighted by molar-refractivity contribution is 1.11. The Balaban J connectivity index is 3.08. The lowest BCUT2D eigenvalue weighted by Crippen LogP contribution is -2.01. The van der Waals surface area contributed by atoms with Crippen LogP contribution in [0.1, 0.15) is 11.1 Å². The van der Waals surface area contributed by atoms with E-state index in [2.05, 4.69) is 18.1 Å². The van der Waals surface area contributed by atoms with E-state index in [1.807, 2.05) is 18.2 Å². The van der Waals surface area contributed by atoms with Gasteiger partial charge in [0.15, 0.2) is 0 Å². The fraction of sp³-hybridized carbons (Fsp3) is 0.182. The molecule has 2 N–H and O–H groups in total. The highest BCUT2D eigenvalue weighted by atomic mass is 14.8. The van der Waals surface area contributed by atoms with Crippen molar-refractivity contribution in [3.63, 3.8) is 0 Å². The van der Waals surface area contributed by atoms with Crippen LogP contribution in [0.5, 0.6) is 0 Å². The molecule has 0 aliphatic carbocycles. The summed E-state index contributed by atoms with van der Waals surface area (Å²) in [5.41, 5.74) is 7.99. The SMILES string of the molecule is C=CCc1ccnc(N)c1CC=C. The second-order valence-electron chi connectivity index (χ2n) is 2.82. The molecule has 0 atom stereocenters. The predicted molar refractivity (Wildman–Crippen MR) is 56.5 cm³/mol. The van der Waals surface area contributed by atoms with Crippen LogP contribution < -0.4 is 5.73 Å². The molecule has 0 bridgehead atoms. The number of pyridine rings is 1. The number of nitrogen functional groups attached to an aromatic ring is 1. The second kappa shape index (κ2) is 4.45. The van der Waals surface area contributed by atoms with Crippen LogP contribution in [0.2, 0.25) is 0 Å². The topological polar surface area (TPSA) is 38.9 Å². The molecule has 2 heteroatoms. The molecule has 2 nitrogen and oxygen atoms in total. The summed E-state index contributed by atoms with van der Waals surface area (Å²) < 4.78 is 0. The summed E-state index contributed by atoms with van der Waals surface area (Å²) in [6.45, 7) is 7.39. The van der Waals surface area contributed by atoms with Crippen LogP contribution in [-0.2, 0) is 12.8 Å². The van der Waals surface area contributed by atoms with E-state index in [1.165, 1.54) is 5.56 Å². The molecule has 0 radical (unpaired) electrons. The molecule has 1 rings (SSSR count). The minimum atomic E-state index is 0.597. The normalized spacial score (nSPS) is 9.54. The van der Waals surface area contributed by atoms with E-state index in [0.717, 1.165) is 18.4 Å². The lowest BCUT2D eigenvalue weighted by Gasteiger charge is -2.07. The Bertz CT molecular complexity index is 316. The first-order valence-corrected chi connectivity index (χ1v) is 4.23. The van der Waals surface area contributed by atoms with Crippen LogP contribution in [0.4, 0.5) is 5.82 Å². The van der Waals surface area contributed by atoms with E-state index < -0.39 is 0 Å². The zero-order chi connectivity index (χ0) is 9.68. The summed E-state index contributed by atoms with van der Waals surface area (Å²) in [4.78, 5) is 4.04. The molecule has 0 saturated heterocycles. The summed E-state index contributed by atoms with van der Waals surface area (Å²) in [5, 5.41) is 0. The van der Waals surface area contributed by atoms with Gasteiger partial charge >= 0.3 is 0 Å². The second-order valence-corrected chi connectivity index (χ2v) is 2.82. The Morgan fingerprint density at radius 2 is 2.00 bits per heavy atom. The molecule has 0 aromatic carbocycles. The number of hydrogen-bond donors (Lipinski definition) is 1. The van der Waals surface area contributed by atoms with E-state index in [1.54, 1.807) is 6.20 Å². The molecule has 0 unspecified atom stereocenters. The van der Waals surface area contributed by atoms with Crippen LogP contribution in [0.3, 0.4) is 0 Å². The van der Waals surface area contributed by atoms with Gasteiger partial charge in [-0.05, 0) is 24.5 Å². The average molecular weight is 174 g/mol. The van der Waals surface area contributed by atoms with Gasteiger partial charge in [-0.15, -0.1) is 13.2 Å². The first-order chi connectivity index (χ1) is 6.29. The molecule has 0 fully saturated rings. The maximum absolute atomic E-state index is 5.74. The molecule has 1 aromatic heterocycles. The Kier molecular flexibility index (Phi) is 3.26. The van der Waals surface area contributed by atoms with Crippen molar-refractivity contribution in [2.75, 3.05) is 5.73 Å². The Hall–Kier alpha value is -1.57. The maximum atomic E-state index is 5.74. The quantitative estimate of drug-likeness (QED) is 0.710. The third-order valence-electron chi connectivity index (χ3n) is 1.90. The zero-order valence-corrected chi connectivity index (χ0v) is 7.66. The molecular formula is C11H14N2. The van der Waals surface area contributed by atoms with Gasteiger partial charge in [0.2, 0.25) is 0 Å². The van der Waals surface area contributed by atoms with Gasteiger partial charge in [0.25, 0.3) is 0 Å². The molecule has 68 valence electrons. The minimum Gasteiger partial charge on any atom is -0.383 e. The molecule has 13 heavy (non-hydrogen) atoms. The molecule has 0 spiro atoms. The molecule has 1 heterocycles. The minimum absolute atomic E-state index is 0.597. The van der Waals surface area contributed by atoms with Gasteiger partial charge in [-0.2, -0.15) is 0 Å². The highest BCUT2D eigenvalue weighted by Gasteiger charge is 2.03. The van der Waals surface area contributed by atoms with Crippen molar-refractivity contribution in [2.24, 2.45) is 0 Å². The van der Waals surface area contributed by atoms with E-state index in [-0.39, 0.29) is 0 Å². The zero-order valence-electron chi connectivity index (χ0n) is 7.66. The van der Waals surface area contributed by atoms with Gasteiger partial charge in [-0.25, -0.2) is 4.98 Å². The third kappa shape index (κ3) is 2.18. The van der Waals surface area contributed by atoms with E-state index in [0.29, 0.717) is 5.82 Å². The number of nitrogens with two attached hydrogens (primary N) is 1. The van der Waals surface area contributed by atoms with Crippen molar-refractivity contribution >= 4 is 5.82 Å². The number of anilines is 1. The van der Waals surface area contributed by atoms with Crippen LogP contribution in [0, 0.1) is 0 Å². The van der Waals surface area contributed by atoms with E-state index in [9.17, 15) is 0 Å². The summed E-state index contributed by atoms with van der Waals surface area (Å²) in [7, 11) is 0. The fourth-order valence-corrected chi connectivity index (χ4v) is 1.28. The van der Waals surface area contributed by atoms with Crippen molar-refractivity contribution in [1.29, 1.82) is 0 Å². The number of aromatic nitrogens is 1. The maximum Gasteiger partial charge on any atom is 0.127 e. The van der Waals surface area contributed by atoms with Gasteiger partial charge in [0.1, 0.15) is 5.82 Å². The first-order valence-electron chi connectivity index (χ1n) is 4.23. The van der Waals surface area contributed by atoms with Gasteiger partial charge in [-0.3, -0.25) is 0 Å². The number of allylic oxidation sites excluding steroid dienone is 2. The standard InChI is InChI=1S/C11H14N2/c1-3-5-9-7-8-13-11(12)10(9)6-4-2/h3-4,7-8H,1-2,5-6H2,(H2,12,13).